The molecule has 0 amide bonds. The van der Waals surface area contributed by atoms with Crippen molar-refractivity contribution in [1.29, 1.82) is 0 Å². The van der Waals surface area contributed by atoms with E-state index in [1.54, 1.807) is 0 Å². The summed E-state index contributed by atoms with van der Waals surface area (Å²) < 4.78 is 266. The van der Waals surface area contributed by atoms with Gasteiger partial charge >= 0.3 is 0 Å². The Hall–Kier alpha value is -6.91. The third-order valence-electron chi connectivity index (χ3n) is 7.61. The first kappa shape index (κ1) is 11.9. The Balaban J connectivity index is 1.34. The van der Waals surface area contributed by atoms with Gasteiger partial charge in [0.1, 0.15) is 0 Å². The molecule has 8 aromatic carbocycles. The Kier molecular flexibility index (Phi) is 2.77. The van der Waals surface area contributed by atoms with E-state index in [9.17, 15) is 13.7 Å². The fourth-order valence-electron chi connectivity index (χ4n) is 5.36. The minimum absolute atomic E-state index is 0.487. The number of hydrogen-bond donors (Lipinski definition) is 0. The highest BCUT2D eigenvalue weighted by Gasteiger charge is 2.16. The van der Waals surface area contributed by atoms with Crippen molar-refractivity contribution in [3.8, 4) is 51.0 Å². The third kappa shape index (κ3) is 5.04. The van der Waals surface area contributed by atoms with Crippen LogP contribution in [0, 0.1) is 0 Å². The molecule has 2 aromatic heterocycles. The van der Waals surface area contributed by atoms with E-state index < -0.39 is 276 Å². The molecule has 4 nitrogen and oxygen atoms in total. The summed E-state index contributed by atoms with van der Waals surface area (Å²) in [6, 6.07) is -27.5. The molecule has 0 fully saturated rings. The van der Waals surface area contributed by atoms with Gasteiger partial charge in [0.2, 0.25) is 0 Å². The summed E-state index contributed by atoms with van der Waals surface area (Å²) in [4.78, 5) is 12.9. The summed E-state index contributed by atoms with van der Waals surface area (Å²) in [5.74, 6) is -2.71. The topological polar surface area (TPSA) is 43.6 Å². The number of rotatable bonds is 5. The second-order valence-corrected chi connectivity index (χ2v) is 10.6. The van der Waals surface area contributed by atoms with Crippen LogP contribution in [0.2, 0.25) is 0 Å². The van der Waals surface area contributed by atoms with Crippen LogP contribution >= 0.6 is 0 Å². The van der Waals surface area contributed by atoms with Crippen LogP contribution in [0.15, 0.2) is 181 Å². The van der Waals surface area contributed by atoms with Crippen LogP contribution in [0.1, 0.15) is 41.1 Å². The van der Waals surface area contributed by atoms with Crippen molar-refractivity contribution in [1.82, 2.24) is 19.5 Å². The smallest absolute Gasteiger partial charge is 0.164 e. The lowest BCUT2D eigenvalue weighted by atomic mass is 10.00. The van der Waals surface area contributed by atoms with Gasteiger partial charge in [0.25, 0.3) is 0 Å². The normalized spacial score (nSPS) is 19.8. The molecule has 0 spiro atoms. The Morgan fingerprint density at radius 3 is 1.63 bits per heavy atom. The number of aromatic nitrogens is 4. The van der Waals surface area contributed by atoms with Gasteiger partial charge in [-0.3, -0.25) is 0 Å². The van der Waals surface area contributed by atoms with Crippen LogP contribution in [0.3, 0.4) is 0 Å². The summed E-state index contributed by atoms with van der Waals surface area (Å²) in [6.45, 7) is 0. The second kappa shape index (κ2) is 11.9. The Morgan fingerprint density at radius 2 is 0.863 bits per heavy atom. The lowest BCUT2D eigenvalue weighted by Gasteiger charge is -2.11. The predicted molar refractivity (Wildman–Crippen MR) is 211 cm³/mol. The van der Waals surface area contributed by atoms with E-state index in [4.69, 9.17) is 27.4 Å². The van der Waals surface area contributed by atoms with Gasteiger partial charge in [0, 0.05) is 33.2 Å². The Labute approximate surface area is 337 Å². The average molecular weight is 681 g/mol. The minimum atomic E-state index is -1.12. The number of fused-ring (bicyclic) bond motifs is 6. The maximum absolute atomic E-state index is 9.54. The molecule has 4 heteroatoms. The maximum atomic E-state index is 9.54. The van der Waals surface area contributed by atoms with Crippen LogP contribution in [-0.2, 0) is 0 Å². The van der Waals surface area contributed by atoms with E-state index >= 15 is 0 Å². The van der Waals surface area contributed by atoms with Gasteiger partial charge in [0.05, 0.1) is 52.2 Å². The zero-order valence-electron chi connectivity index (χ0n) is 55.3. The highest BCUT2D eigenvalue weighted by molar-refractivity contribution is 6.11. The average Bonchev–Trinajstić information content (AvgIpc) is 4.08. The van der Waals surface area contributed by atoms with Crippen molar-refractivity contribution in [3.05, 3.63) is 181 Å². The van der Waals surface area contributed by atoms with Crippen molar-refractivity contribution >= 4 is 43.4 Å². The first-order chi connectivity index (χ1) is 37.8. The van der Waals surface area contributed by atoms with Crippen molar-refractivity contribution < 1.29 is 41.1 Å². The van der Waals surface area contributed by atoms with Gasteiger partial charge in [-0.1, -0.05) is 133 Å². The summed E-state index contributed by atoms with van der Waals surface area (Å²) in [5.41, 5.74) is -6.18. The molecule has 0 unspecified atom stereocenters. The predicted octanol–water partition coefficient (Wildman–Crippen LogP) is 11.9. The molecule has 0 aliphatic heterocycles. The van der Waals surface area contributed by atoms with Crippen LogP contribution in [0.4, 0.5) is 0 Å². The number of para-hydroxylation sites is 1. The molecular formula is C47H30N4. The molecule has 0 aliphatic carbocycles. The first-order valence-electron chi connectivity index (χ1n) is 29.8. The fourth-order valence-corrected chi connectivity index (χ4v) is 5.36. The summed E-state index contributed by atoms with van der Waals surface area (Å²) in [7, 11) is 0. The zero-order valence-corrected chi connectivity index (χ0v) is 25.3. The molecule has 0 aliphatic rings. The first-order valence-corrected chi connectivity index (χ1v) is 14.8. The molecule has 0 atom stereocenters. The molecule has 0 saturated heterocycles. The fraction of sp³-hybridized carbons (Fsp3) is 0. The van der Waals surface area contributed by atoms with E-state index in [-0.39, 0.29) is 0 Å². The van der Waals surface area contributed by atoms with Gasteiger partial charge in [-0.25, -0.2) is 15.0 Å². The van der Waals surface area contributed by atoms with Crippen LogP contribution in [0.5, 0.6) is 0 Å². The standard InChI is InChI=1S/C47H30N4/c1-3-11-31(12-4-1)35-24-28-44-42(30-35)41-17-9-10-18-43(41)51(44)38-25-21-34(22-26-38)46-48-45(33-14-5-2-6-15-33)49-47(50-46)37-23-27-40-36(29-37)20-19-32-13-7-8-16-39(32)40/h1-30H/i1D,2D,3D,4D,5D,6D,7D,8D,9D,10D,11D,12D,13D,14D,15D,16D,17D,18D,19D,20D,21D,22D,23D,24D,25D,26D,27D,28D,29D,30D. The summed E-state index contributed by atoms with van der Waals surface area (Å²) in [5, 5.41) is -3.34. The van der Waals surface area contributed by atoms with Gasteiger partial charge in [-0.05, 0) is 81.0 Å². The highest BCUT2D eigenvalue weighted by Crippen LogP contribution is 2.36. The third-order valence-corrected chi connectivity index (χ3v) is 7.61. The Bertz CT molecular complexity index is 4560. The van der Waals surface area contributed by atoms with E-state index in [1.807, 2.05) is 0 Å². The van der Waals surface area contributed by atoms with E-state index in [0.717, 1.165) is 0 Å². The molecule has 0 N–H and O–H groups in total. The van der Waals surface area contributed by atoms with Crippen molar-refractivity contribution in [2.75, 3.05) is 0 Å². The monoisotopic (exact) mass is 680 g/mol. The van der Waals surface area contributed by atoms with Crippen molar-refractivity contribution in [2.24, 2.45) is 0 Å². The zero-order chi connectivity index (χ0) is 59.8. The van der Waals surface area contributed by atoms with E-state index in [2.05, 4.69) is 15.0 Å². The van der Waals surface area contributed by atoms with Gasteiger partial charge in [-0.15, -0.1) is 0 Å². The van der Waals surface area contributed by atoms with Crippen LogP contribution in [-0.4, -0.2) is 19.5 Å². The lowest BCUT2D eigenvalue weighted by molar-refractivity contribution is 1.07. The summed E-state index contributed by atoms with van der Waals surface area (Å²) >= 11 is 0. The molecule has 2 heterocycles. The molecule has 0 bridgehead atoms. The van der Waals surface area contributed by atoms with E-state index in [0.29, 0.717) is 4.57 Å². The summed E-state index contributed by atoms with van der Waals surface area (Å²) in [6.07, 6.45) is 0. The SMILES string of the molecule is [2H]c1c([2H])c([2H])c(-c2nc(-c3c([2H])c([2H])c(-n4c5c([2H])c([2H])c([2H])c([2H])c5c5c([2H])c(-c6c([2H])c([2H])c([2H])c([2H])c6[2H])c([2H])c([2H])c54)c([2H])c3[2H])nc(-c3c([2H])c([2H])c4c(c3[2H])c([2H])c([2H])c3c([2H])c([2H])c([2H])c([2H])c34)n2)c([2H])c1[2H]. The van der Waals surface area contributed by atoms with Crippen molar-refractivity contribution in [3.63, 3.8) is 0 Å². The van der Waals surface area contributed by atoms with Crippen molar-refractivity contribution in [2.45, 2.75) is 0 Å². The van der Waals surface area contributed by atoms with E-state index in [1.165, 1.54) is 0 Å². The van der Waals surface area contributed by atoms with Crippen LogP contribution < -0.4 is 0 Å². The van der Waals surface area contributed by atoms with Gasteiger partial charge in [-0.2, -0.15) is 0 Å². The quantitative estimate of drug-likeness (QED) is 0.170. The largest absolute Gasteiger partial charge is 0.309 e. The Morgan fingerprint density at radius 1 is 0.333 bits per heavy atom. The molecule has 0 saturated carbocycles. The highest BCUT2D eigenvalue weighted by atomic mass is 15.0. The van der Waals surface area contributed by atoms with Crippen LogP contribution in [0.25, 0.3) is 94.3 Å². The molecular weight excluding hydrogens is 621 g/mol. The molecule has 10 rings (SSSR count). The van der Waals surface area contributed by atoms with Gasteiger partial charge < -0.3 is 4.57 Å². The number of benzene rings is 8. The second-order valence-electron chi connectivity index (χ2n) is 10.6. The minimum Gasteiger partial charge on any atom is -0.309 e. The molecule has 10 aromatic rings. The number of nitrogens with zero attached hydrogens (tertiary/aromatic N) is 4. The molecule has 238 valence electrons. The lowest BCUT2D eigenvalue weighted by Crippen LogP contribution is -2.00. The maximum Gasteiger partial charge on any atom is 0.164 e. The van der Waals surface area contributed by atoms with Gasteiger partial charge in [0.15, 0.2) is 17.5 Å². The molecule has 51 heavy (non-hydrogen) atoms. The number of hydrogen-bond acceptors (Lipinski definition) is 3. The molecule has 0 radical (unpaired) electrons.